The van der Waals surface area contributed by atoms with E-state index in [0.29, 0.717) is 11.3 Å². The molecule has 0 amide bonds. The molecule has 4 nitrogen and oxygen atoms in total. The van der Waals surface area contributed by atoms with Crippen LogP contribution >= 0.6 is 0 Å². The fourth-order valence-corrected chi connectivity index (χ4v) is 2.01. The second-order valence-electron chi connectivity index (χ2n) is 4.58. The van der Waals surface area contributed by atoms with Crippen molar-refractivity contribution in [2.45, 2.75) is 6.92 Å². The first kappa shape index (κ1) is 13.9. The van der Waals surface area contributed by atoms with E-state index in [2.05, 4.69) is 0 Å². The third-order valence-corrected chi connectivity index (χ3v) is 3.26. The van der Waals surface area contributed by atoms with Crippen molar-refractivity contribution in [2.24, 2.45) is 0 Å². The van der Waals surface area contributed by atoms with Crippen LogP contribution in [0.15, 0.2) is 42.5 Å². The van der Waals surface area contributed by atoms with Gasteiger partial charge in [0.15, 0.2) is 5.78 Å². The topological polar surface area (TPSA) is 55.6 Å². The highest BCUT2D eigenvalue weighted by Crippen LogP contribution is 2.28. The number of nitrogens with two attached hydrogens (primary N) is 1. The molecule has 2 aromatic rings. The molecule has 0 bridgehead atoms. The molecule has 0 heterocycles. The van der Waals surface area contributed by atoms with Gasteiger partial charge in [-0.2, -0.15) is 0 Å². The Kier molecular flexibility index (Phi) is 3.94. The van der Waals surface area contributed by atoms with E-state index in [1.807, 2.05) is 48.3 Å². The highest BCUT2D eigenvalue weighted by Gasteiger charge is 2.09. The van der Waals surface area contributed by atoms with E-state index >= 15 is 0 Å². The highest BCUT2D eigenvalue weighted by molar-refractivity contribution is 6.00. The van der Waals surface area contributed by atoms with Gasteiger partial charge in [-0.15, -0.1) is 0 Å². The first-order valence-electron chi connectivity index (χ1n) is 6.31. The first-order valence-corrected chi connectivity index (χ1v) is 6.31. The van der Waals surface area contributed by atoms with Gasteiger partial charge < -0.3 is 15.4 Å². The average Bonchev–Trinajstić information content (AvgIpc) is 2.47. The normalized spacial score (nSPS) is 10.2. The van der Waals surface area contributed by atoms with Crippen LogP contribution in [-0.2, 0) is 0 Å². The molecular formula is C16H18N2O2. The number of hydrogen-bond donors (Lipinski definition) is 1. The summed E-state index contributed by atoms with van der Waals surface area (Å²) in [6, 6.07) is 13.2. The van der Waals surface area contributed by atoms with Gasteiger partial charge in [-0.05, 0) is 49.4 Å². The van der Waals surface area contributed by atoms with Crippen molar-refractivity contribution >= 4 is 22.8 Å². The number of rotatable bonds is 4. The van der Waals surface area contributed by atoms with Gasteiger partial charge in [0.2, 0.25) is 0 Å². The number of methoxy groups -OCH3 is 1. The number of hydrogen-bond acceptors (Lipinski definition) is 4. The van der Waals surface area contributed by atoms with E-state index in [0.717, 1.165) is 17.1 Å². The predicted molar refractivity (Wildman–Crippen MR) is 81.9 cm³/mol. The molecule has 0 saturated heterocycles. The van der Waals surface area contributed by atoms with Crippen LogP contribution in [0.2, 0.25) is 0 Å². The molecule has 0 spiro atoms. The molecule has 0 fully saturated rings. The largest absolute Gasteiger partial charge is 0.497 e. The van der Waals surface area contributed by atoms with Gasteiger partial charge in [0.05, 0.1) is 7.11 Å². The Morgan fingerprint density at radius 2 is 1.70 bits per heavy atom. The van der Waals surface area contributed by atoms with Crippen molar-refractivity contribution in [1.29, 1.82) is 0 Å². The molecule has 2 N–H and O–H groups in total. The van der Waals surface area contributed by atoms with E-state index < -0.39 is 0 Å². The van der Waals surface area contributed by atoms with Crippen LogP contribution in [0.4, 0.5) is 17.1 Å². The molecule has 104 valence electrons. The van der Waals surface area contributed by atoms with E-state index in [4.69, 9.17) is 10.5 Å². The van der Waals surface area contributed by atoms with Gasteiger partial charge >= 0.3 is 0 Å². The number of Topliss-reactive ketones (excluding diaryl/α,β-unsaturated/α-hetero) is 1. The number of anilines is 3. The van der Waals surface area contributed by atoms with Crippen LogP contribution in [0.1, 0.15) is 17.3 Å². The SMILES string of the molecule is COc1ccc(N(C)c2ccc(N)c(C(C)=O)c2)cc1. The minimum Gasteiger partial charge on any atom is -0.497 e. The Labute approximate surface area is 118 Å². The second-order valence-corrected chi connectivity index (χ2v) is 4.58. The summed E-state index contributed by atoms with van der Waals surface area (Å²) < 4.78 is 5.14. The summed E-state index contributed by atoms with van der Waals surface area (Å²) in [6.07, 6.45) is 0. The lowest BCUT2D eigenvalue weighted by Gasteiger charge is -2.20. The van der Waals surface area contributed by atoms with Gasteiger partial charge in [0.25, 0.3) is 0 Å². The molecule has 0 aliphatic heterocycles. The van der Waals surface area contributed by atoms with E-state index in [-0.39, 0.29) is 5.78 Å². The van der Waals surface area contributed by atoms with Crippen LogP contribution in [0.5, 0.6) is 5.75 Å². The van der Waals surface area contributed by atoms with Gasteiger partial charge in [0, 0.05) is 29.7 Å². The van der Waals surface area contributed by atoms with E-state index in [9.17, 15) is 4.79 Å². The van der Waals surface area contributed by atoms with Crippen molar-refractivity contribution in [3.05, 3.63) is 48.0 Å². The summed E-state index contributed by atoms with van der Waals surface area (Å²) in [5, 5.41) is 0. The Morgan fingerprint density at radius 1 is 1.10 bits per heavy atom. The third-order valence-electron chi connectivity index (χ3n) is 3.26. The van der Waals surface area contributed by atoms with E-state index in [1.165, 1.54) is 6.92 Å². The van der Waals surface area contributed by atoms with Gasteiger partial charge in [-0.25, -0.2) is 0 Å². The second kappa shape index (κ2) is 5.65. The van der Waals surface area contributed by atoms with Crippen molar-refractivity contribution in [1.82, 2.24) is 0 Å². The molecule has 0 atom stereocenters. The van der Waals surface area contributed by atoms with Crippen LogP contribution in [0.25, 0.3) is 0 Å². The number of nitrogen functional groups attached to an aromatic ring is 1. The summed E-state index contributed by atoms with van der Waals surface area (Å²) in [5.41, 5.74) is 8.78. The van der Waals surface area contributed by atoms with Gasteiger partial charge in [0.1, 0.15) is 5.75 Å². The van der Waals surface area contributed by atoms with Crippen molar-refractivity contribution in [2.75, 3.05) is 24.8 Å². The van der Waals surface area contributed by atoms with Crippen LogP contribution in [0.3, 0.4) is 0 Å². The minimum absolute atomic E-state index is 0.0347. The maximum atomic E-state index is 11.5. The smallest absolute Gasteiger partial charge is 0.161 e. The fraction of sp³-hybridized carbons (Fsp3) is 0.188. The molecule has 0 radical (unpaired) electrons. The van der Waals surface area contributed by atoms with Crippen LogP contribution < -0.4 is 15.4 Å². The number of carbonyl (C=O) groups excluding carboxylic acids is 1. The lowest BCUT2D eigenvalue weighted by molar-refractivity contribution is 0.101. The quantitative estimate of drug-likeness (QED) is 0.684. The number of nitrogens with zero attached hydrogens (tertiary/aromatic N) is 1. The molecule has 4 heteroatoms. The maximum Gasteiger partial charge on any atom is 0.161 e. The first-order chi connectivity index (χ1) is 9.52. The molecule has 0 aliphatic rings. The molecule has 0 aliphatic carbocycles. The molecular weight excluding hydrogens is 252 g/mol. The number of ether oxygens (including phenoxy) is 1. The third kappa shape index (κ3) is 2.74. The Balaban J connectivity index is 2.34. The molecule has 2 aromatic carbocycles. The molecule has 0 unspecified atom stereocenters. The van der Waals surface area contributed by atoms with Gasteiger partial charge in [-0.1, -0.05) is 0 Å². The van der Waals surface area contributed by atoms with Crippen LogP contribution in [-0.4, -0.2) is 19.9 Å². The monoisotopic (exact) mass is 270 g/mol. The van der Waals surface area contributed by atoms with E-state index in [1.54, 1.807) is 13.2 Å². The summed E-state index contributed by atoms with van der Waals surface area (Å²) in [6.45, 7) is 1.52. The van der Waals surface area contributed by atoms with Crippen molar-refractivity contribution in [3.8, 4) is 5.75 Å². The Hall–Kier alpha value is -2.49. The predicted octanol–water partition coefficient (Wildman–Crippen LogP) is 3.25. The lowest BCUT2D eigenvalue weighted by atomic mass is 10.1. The van der Waals surface area contributed by atoms with Gasteiger partial charge in [-0.3, -0.25) is 4.79 Å². The van der Waals surface area contributed by atoms with Crippen LogP contribution in [0, 0.1) is 0 Å². The number of benzene rings is 2. The number of carbonyl (C=O) groups is 1. The summed E-state index contributed by atoms with van der Waals surface area (Å²) >= 11 is 0. The Bertz CT molecular complexity index is 621. The zero-order valence-electron chi connectivity index (χ0n) is 11.9. The standard InChI is InChI=1S/C16H18N2O2/c1-11(19)15-10-13(6-9-16(15)17)18(2)12-4-7-14(20-3)8-5-12/h4-10H,17H2,1-3H3. The summed E-state index contributed by atoms with van der Waals surface area (Å²) in [4.78, 5) is 13.5. The molecule has 20 heavy (non-hydrogen) atoms. The highest BCUT2D eigenvalue weighted by atomic mass is 16.5. The molecule has 2 rings (SSSR count). The lowest BCUT2D eigenvalue weighted by Crippen LogP contribution is -2.11. The molecule has 0 saturated carbocycles. The van der Waals surface area contributed by atoms with Crippen molar-refractivity contribution < 1.29 is 9.53 Å². The zero-order valence-corrected chi connectivity index (χ0v) is 11.9. The Morgan fingerprint density at radius 3 is 2.25 bits per heavy atom. The average molecular weight is 270 g/mol. The van der Waals surface area contributed by atoms with Crippen molar-refractivity contribution in [3.63, 3.8) is 0 Å². The fourth-order valence-electron chi connectivity index (χ4n) is 2.01. The summed E-state index contributed by atoms with van der Waals surface area (Å²) in [7, 11) is 3.58. The zero-order chi connectivity index (χ0) is 14.7. The minimum atomic E-state index is -0.0347. The maximum absolute atomic E-state index is 11.5. The summed E-state index contributed by atoms with van der Waals surface area (Å²) in [5.74, 6) is 0.774. The molecule has 0 aromatic heterocycles. The number of ketones is 1.